The van der Waals surface area contributed by atoms with Crippen LogP contribution in [-0.2, 0) is 15.0 Å². The van der Waals surface area contributed by atoms with Crippen LogP contribution in [0.2, 0.25) is 0 Å². The van der Waals surface area contributed by atoms with E-state index < -0.39 is 22.2 Å². The Morgan fingerprint density at radius 3 is 2.21 bits per heavy atom. The lowest BCUT2D eigenvalue weighted by molar-refractivity contribution is -0.142. The molecule has 19 heavy (non-hydrogen) atoms. The second-order valence-electron chi connectivity index (χ2n) is 5.42. The van der Waals surface area contributed by atoms with Crippen LogP contribution in [0.3, 0.4) is 0 Å². The first-order valence-corrected chi connectivity index (χ1v) is 8.35. The molecule has 1 unspecified atom stereocenters. The molecule has 0 aromatic heterocycles. The fraction of sp³-hybridized carbons (Fsp3) is 0.917. The number of nitrogens with zero attached hydrogens (tertiary/aromatic N) is 2. The number of carboxylic acid groups (broad SMARTS) is 1. The number of aliphatic carboxylic acids is 1. The number of hydrogen-bond donors (Lipinski definition) is 1. The topological polar surface area (TPSA) is 77.9 Å². The minimum absolute atomic E-state index is 0.0323. The van der Waals surface area contributed by atoms with Gasteiger partial charge in [-0.2, -0.15) is 17.0 Å². The molecule has 0 aromatic carbocycles. The lowest BCUT2D eigenvalue weighted by Crippen LogP contribution is -2.56. The monoisotopic (exact) mass is 290 g/mol. The van der Waals surface area contributed by atoms with E-state index in [1.807, 2.05) is 6.92 Å². The highest BCUT2D eigenvalue weighted by Crippen LogP contribution is 2.27. The Balaban J connectivity index is 2.23. The molecule has 2 rings (SSSR count). The van der Waals surface area contributed by atoms with Gasteiger partial charge in [-0.25, -0.2) is 0 Å². The predicted molar refractivity (Wildman–Crippen MR) is 70.9 cm³/mol. The summed E-state index contributed by atoms with van der Waals surface area (Å²) in [5.74, 6) is -1.03. The Labute approximate surface area is 114 Å². The summed E-state index contributed by atoms with van der Waals surface area (Å²) in [5, 5.41) is 9.21. The average molecular weight is 290 g/mol. The molecule has 1 N–H and O–H groups in total. The predicted octanol–water partition coefficient (Wildman–Crippen LogP) is 1.04. The number of piperidine rings is 2. The first-order valence-electron chi connectivity index (χ1n) is 6.96. The maximum atomic E-state index is 12.7. The summed E-state index contributed by atoms with van der Waals surface area (Å²) >= 11 is 0. The fourth-order valence-corrected chi connectivity index (χ4v) is 5.04. The van der Waals surface area contributed by atoms with Gasteiger partial charge in [0.1, 0.15) is 6.04 Å². The zero-order chi connectivity index (χ0) is 14.0. The molecular formula is C12H22N2O4S. The molecule has 110 valence electrons. The van der Waals surface area contributed by atoms with Crippen LogP contribution in [0.4, 0.5) is 0 Å². The van der Waals surface area contributed by atoms with E-state index in [4.69, 9.17) is 0 Å². The van der Waals surface area contributed by atoms with Gasteiger partial charge >= 0.3 is 5.97 Å². The molecule has 2 atom stereocenters. The summed E-state index contributed by atoms with van der Waals surface area (Å²) in [6.07, 6.45) is 4.68. The van der Waals surface area contributed by atoms with Crippen LogP contribution in [0.1, 0.15) is 45.4 Å². The molecular weight excluding hydrogens is 268 g/mol. The van der Waals surface area contributed by atoms with Crippen LogP contribution < -0.4 is 0 Å². The molecule has 0 saturated carbocycles. The summed E-state index contributed by atoms with van der Waals surface area (Å²) < 4.78 is 28.0. The highest BCUT2D eigenvalue weighted by Gasteiger charge is 2.41. The minimum Gasteiger partial charge on any atom is -0.480 e. The van der Waals surface area contributed by atoms with E-state index in [1.54, 1.807) is 0 Å². The maximum Gasteiger partial charge on any atom is 0.322 e. The number of rotatable bonds is 3. The lowest BCUT2D eigenvalue weighted by atomic mass is 10.1. The number of carbonyl (C=O) groups is 1. The Kier molecular flexibility index (Phi) is 4.47. The molecule has 0 spiro atoms. The van der Waals surface area contributed by atoms with Crippen LogP contribution in [-0.4, -0.2) is 53.3 Å². The molecule has 0 aliphatic carbocycles. The van der Waals surface area contributed by atoms with E-state index in [0.29, 0.717) is 19.5 Å². The van der Waals surface area contributed by atoms with Crippen molar-refractivity contribution in [3.63, 3.8) is 0 Å². The molecule has 0 radical (unpaired) electrons. The summed E-state index contributed by atoms with van der Waals surface area (Å²) in [4.78, 5) is 11.3. The van der Waals surface area contributed by atoms with Gasteiger partial charge in [0.25, 0.3) is 10.2 Å². The number of hydrogen-bond acceptors (Lipinski definition) is 3. The fourth-order valence-electron chi connectivity index (χ4n) is 2.98. The van der Waals surface area contributed by atoms with Crippen molar-refractivity contribution in [1.82, 2.24) is 8.61 Å². The van der Waals surface area contributed by atoms with Crippen LogP contribution >= 0.6 is 0 Å². The van der Waals surface area contributed by atoms with E-state index in [2.05, 4.69) is 0 Å². The molecule has 6 nitrogen and oxygen atoms in total. The van der Waals surface area contributed by atoms with E-state index in [-0.39, 0.29) is 6.04 Å². The van der Waals surface area contributed by atoms with Crippen molar-refractivity contribution < 1.29 is 18.3 Å². The Hall–Kier alpha value is -0.660. The summed E-state index contributed by atoms with van der Waals surface area (Å²) in [6.45, 7) is 2.73. The largest absolute Gasteiger partial charge is 0.480 e. The highest BCUT2D eigenvalue weighted by atomic mass is 32.2. The molecule has 7 heteroatoms. The van der Waals surface area contributed by atoms with Gasteiger partial charge in [-0.15, -0.1) is 0 Å². The molecule has 2 saturated heterocycles. The van der Waals surface area contributed by atoms with Crippen LogP contribution in [0.5, 0.6) is 0 Å². The third-order valence-electron chi connectivity index (χ3n) is 4.07. The van der Waals surface area contributed by atoms with Gasteiger partial charge in [0, 0.05) is 19.1 Å². The van der Waals surface area contributed by atoms with E-state index >= 15 is 0 Å². The first-order chi connectivity index (χ1) is 8.94. The van der Waals surface area contributed by atoms with Gasteiger partial charge < -0.3 is 5.11 Å². The molecule has 2 aliphatic heterocycles. The first kappa shape index (κ1) is 14.7. The third kappa shape index (κ3) is 2.93. The Morgan fingerprint density at radius 2 is 1.63 bits per heavy atom. The lowest BCUT2D eigenvalue weighted by Gasteiger charge is -2.39. The van der Waals surface area contributed by atoms with Crippen molar-refractivity contribution >= 4 is 16.2 Å². The standard InChI is InChI=1S/C12H22N2O4S/c1-10-6-2-4-8-13(10)19(17,18)14-9-5-3-7-11(14)12(15)16/h10-11H,2-9H2,1H3,(H,15,16)/t10?,11-/m1/s1. The SMILES string of the molecule is CC1CCCCN1S(=O)(=O)N1CCCC[C@@H]1C(=O)O. The normalized spacial score (nSPS) is 31.2. The molecule has 0 bridgehead atoms. The molecule has 0 amide bonds. The zero-order valence-electron chi connectivity index (χ0n) is 11.3. The van der Waals surface area contributed by atoms with Crippen molar-refractivity contribution in [2.45, 2.75) is 57.5 Å². The summed E-state index contributed by atoms with van der Waals surface area (Å²) in [7, 11) is -3.64. The zero-order valence-corrected chi connectivity index (χ0v) is 12.1. The number of carboxylic acids is 1. The quantitative estimate of drug-likeness (QED) is 0.842. The molecule has 2 fully saturated rings. The van der Waals surface area contributed by atoms with Crippen molar-refractivity contribution in [2.24, 2.45) is 0 Å². The Bertz CT molecular complexity index is 437. The third-order valence-corrected chi connectivity index (χ3v) is 6.24. The van der Waals surface area contributed by atoms with E-state index in [1.165, 1.54) is 8.61 Å². The minimum atomic E-state index is -3.64. The smallest absolute Gasteiger partial charge is 0.322 e. The molecule has 0 aromatic rings. The molecule has 2 aliphatic rings. The van der Waals surface area contributed by atoms with Crippen molar-refractivity contribution in [1.29, 1.82) is 0 Å². The molecule has 2 heterocycles. The van der Waals surface area contributed by atoms with Crippen molar-refractivity contribution in [3.05, 3.63) is 0 Å². The summed E-state index contributed by atoms with van der Waals surface area (Å²) in [5.41, 5.74) is 0. The van der Waals surface area contributed by atoms with Crippen molar-refractivity contribution in [2.75, 3.05) is 13.1 Å². The van der Waals surface area contributed by atoms with Gasteiger partial charge in [0.15, 0.2) is 0 Å². The van der Waals surface area contributed by atoms with E-state index in [9.17, 15) is 18.3 Å². The van der Waals surface area contributed by atoms with Crippen molar-refractivity contribution in [3.8, 4) is 0 Å². The van der Waals surface area contributed by atoms with Gasteiger partial charge in [-0.3, -0.25) is 4.79 Å². The van der Waals surface area contributed by atoms with Gasteiger partial charge in [0.05, 0.1) is 0 Å². The van der Waals surface area contributed by atoms with Gasteiger partial charge in [-0.05, 0) is 39.0 Å². The van der Waals surface area contributed by atoms with Crippen LogP contribution in [0.15, 0.2) is 0 Å². The average Bonchev–Trinajstić information content (AvgIpc) is 2.39. The van der Waals surface area contributed by atoms with Gasteiger partial charge in [0.2, 0.25) is 0 Å². The highest BCUT2D eigenvalue weighted by molar-refractivity contribution is 7.86. The van der Waals surface area contributed by atoms with E-state index in [0.717, 1.165) is 32.1 Å². The second kappa shape index (κ2) is 5.76. The van der Waals surface area contributed by atoms with Crippen LogP contribution in [0.25, 0.3) is 0 Å². The second-order valence-corrected chi connectivity index (χ2v) is 7.26. The Morgan fingerprint density at radius 1 is 1.05 bits per heavy atom. The maximum absolute atomic E-state index is 12.7. The van der Waals surface area contributed by atoms with Crippen LogP contribution in [0, 0.1) is 0 Å². The summed E-state index contributed by atoms with van der Waals surface area (Å²) in [6, 6.07) is -0.928. The van der Waals surface area contributed by atoms with Gasteiger partial charge in [-0.1, -0.05) is 6.42 Å².